The predicted octanol–water partition coefficient (Wildman–Crippen LogP) is 3.21. The molecule has 1 aromatic carbocycles. The summed E-state index contributed by atoms with van der Waals surface area (Å²) in [5, 5.41) is 0. The first-order valence-corrected chi connectivity index (χ1v) is 11.2. The Kier molecular flexibility index (Phi) is 4.88. The van der Waals surface area contributed by atoms with Gasteiger partial charge >= 0.3 is 0 Å². The van der Waals surface area contributed by atoms with E-state index in [1.165, 1.54) is 0 Å². The molecule has 2 aliphatic heterocycles. The summed E-state index contributed by atoms with van der Waals surface area (Å²) >= 11 is 0. The topological polar surface area (TPSA) is 49.9 Å². The van der Waals surface area contributed by atoms with Crippen molar-refractivity contribution in [3.63, 3.8) is 0 Å². The maximum Gasteiger partial charge on any atom is 0.282 e. The molecule has 0 spiro atoms. The van der Waals surface area contributed by atoms with Crippen LogP contribution in [-0.2, 0) is 14.9 Å². The van der Waals surface area contributed by atoms with Crippen LogP contribution in [0.5, 0.6) is 0 Å². The van der Waals surface area contributed by atoms with Crippen LogP contribution in [-0.4, -0.2) is 49.3 Å². The zero-order valence-corrected chi connectivity index (χ0v) is 16.6. The minimum Gasteiger partial charge on any atom is -0.367 e. The van der Waals surface area contributed by atoms with Crippen molar-refractivity contribution < 1.29 is 13.2 Å². The molecule has 0 aromatic heterocycles. The zero-order valence-electron chi connectivity index (χ0n) is 15.8. The van der Waals surface area contributed by atoms with Crippen LogP contribution >= 0.6 is 0 Å². The van der Waals surface area contributed by atoms with Crippen molar-refractivity contribution >= 4 is 10.2 Å². The van der Waals surface area contributed by atoms with Crippen LogP contribution in [0.1, 0.15) is 51.2 Å². The lowest BCUT2D eigenvalue weighted by Gasteiger charge is -2.42. The summed E-state index contributed by atoms with van der Waals surface area (Å²) in [5.74, 6) is 0.513. The SMILES string of the molecule is CC1(C)CCN(S(=O)(=O)N2C[C@@H](c3ccccc3)O[C@@H](C3CC3)C2)CC1. The van der Waals surface area contributed by atoms with Crippen LogP contribution in [0.15, 0.2) is 30.3 Å². The highest BCUT2D eigenvalue weighted by molar-refractivity contribution is 7.86. The third-order valence-electron chi connectivity index (χ3n) is 6.14. The molecule has 1 saturated carbocycles. The first-order chi connectivity index (χ1) is 12.4. The molecule has 144 valence electrons. The average Bonchev–Trinajstić information content (AvgIpc) is 3.47. The Morgan fingerprint density at radius 2 is 1.65 bits per heavy atom. The fourth-order valence-electron chi connectivity index (χ4n) is 4.01. The molecule has 2 saturated heterocycles. The second-order valence-corrected chi connectivity index (χ2v) is 10.7. The molecule has 6 heteroatoms. The molecule has 3 aliphatic rings. The van der Waals surface area contributed by atoms with E-state index in [0.29, 0.717) is 32.1 Å². The highest BCUT2D eigenvalue weighted by Crippen LogP contribution is 2.40. The summed E-state index contributed by atoms with van der Waals surface area (Å²) in [6, 6.07) is 10.0. The van der Waals surface area contributed by atoms with Crippen LogP contribution < -0.4 is 0 Å². The lowest BCUT2D eigenvalue weighted by Crippen LogP contribution is -2.54. The minimum atomic E-state index is -3.43. The Balaban J connectivity index is 1.54. The van der Waals surface area contributed by atoms with Crippen molar-refractivity contribution in [2.24, 2.45) is 11.3 Å². The summed E-state index contributed by atoms with van der Waals surface area (Å²) in [5.41, 5.74) is 1.30. The fraction of sp³-hybridized carbons (Fsp3) is 0.700. The largest absolute Gasteiger partial charge is 0.367 e. The Hall–Kier alpha value is -0.950. The fourth-order valence-corrected chi connectivity index (χ4v) is 5.64. The lowest BCUT2D eigenvalue weighted by atomic mass is 9.83. The molecule has 3 fully saturated rings. The monoisotopic (exact) mass is 378 g/mol. The van der Waals surface area contributed by atoms with E-state index in [9.17, 15) is 8.42 Å². The normalized spacial score (nSPS) is 31.0. The first-order valence-electron chi connectivity index (χ1n) is 9.81. The van der Waals surface area contributed by atoms with Crippen molar-refractivity contribution in [3.05, 3.63) is 35.9 Å². The number of hydrogen-bond donors (Lipinski definition) is 0. The number of morpholine rings is 1. The first kappa shape index (κ1) is 18.4. The average molecular weight is 379 g/mol. The maximum atomic E-state index is 13.3. The number of piperidine rings is 1. The summed E-state index contributed by atoms with van der Waals surface area (Å²) in [6.45, 7) is 6.60. The van der Waals surface area contributed by atoms with Crippen molar-refractivity contribution in [3.8, 4) is 0 Å². The number of ether oxygens (including phenoxy) is 1. The summed E-state index contributed by atoms with van der Waals surface area (Å²) in [4.78, 5) is 0. The molecular formula is C20H30N2O3S. The third kappa shape index (κ3) is 3.84. The Bertz CT molecular complexity index is 721. The van der Waals surface area contributed by atoms with E-state index in [1.54, 1.807) is 8.61 Å². The minimum absolute atomic E-state index is 0.0185. The predicted molar refractivity (Wildman–Crippen MR) is 102 cm³/mol. The van der Waals surface area contributed by atoms with Gasteiger partial charge in [-0.2, -0.15) is 17.0 Å². The zero-order chi connectivity index (χ0) is 18.4. The van der Waals surface area contributed by atoms with E-state index in [4.69, 9.17) is 4.74 Å². The van der Waals surface area contributed by atoms with Crippen molar-refractivity contribution in [1.82, 2.24) is 8.61 Å². The van der Waals surface area contributed by atoms with Gasteiger partial charge in [0.05, 0.1) is 12.2 Å². The molecule has 1 aromatic rings. The van der Waals surface area contributed by atoms with E-state index in [1.807, 2.05) is 30.3 Å². The van der Waals surface area contributed by atoms with Crippen LogP contribution in [0.4, 0.5) is 0 Å². The molecule has 1 aliphatic carbocycles. The summed E-state index contributed by atoms with van der Waals surface area (Å²) < 4.78 is 36.3. The van der Waals surface area contributed by atoms with Crippen LogP contribution in [0, 0.1) is 11.3 Å². The van der Waals surface area contributed by atoms with Crippen LogP contribution in [0.3, 0.4) is 0 Å². The molecular weight excluding hydrogens is 348 g/mol. The second kappa shape index (κ2) is 6.89. The highest BCUT2D eigenvalue weighted by Gasteiger charge is 2.44. The molecule has 0 N–H and O–H groups in total. The highest BCUT2D eigenvalue weighted by atomic mass is 32.2. The molecule has 0 radical (unpaired) electrons. The molecule has 2 heterocycles. The maximum absolute atomic E-state index is 13.3. The third-order valence-corrected chi connectivity index (χ3v) is 8.11. The van der Waals surface area contributed by atoms with E-state index < -0.39 is 10.2 Å². The van der Waals surface area contributed by atoms with Gasteiger partial charge in [-0.05, 0) is 42.6 Å². The smallest absolute Gasteiger partial charge is 0.282 e. The Labute approximate surface area is 157 Å². The number of benzene rings is 1. The van der Waals surface area contributed by atoms with E-state index >= 15 is 0 Å². The Morgan fingerprint density at radius 3 is 2.27 bits per heavy atom. The summed E-state index contributed by atoms with van der Waals surface area (Å²) in [6.07, 6.45) is 3.99. The van der Waals surface area contributed by atoms with E-state index in [0.717, 1.165) is 31.2 Å². The molecule has 4 rings (SSSR count). The van der Waals surface area contributed by atoms with E-state index in [-0.39, 0.29) is 17.6 Å². The van der Waals surface area contributed by atoms with Crippen LogP contribution in [0.25, 0.3) is 0 Å². The molecule has 0 unspecified atom stereocenters. The van der Waals surface area contributed by atoms with Gasteiger partial charge in [-0.25, -0.2) is 0 Å². The van der Waals surface area contributed by atoms with Crippen LogP contribution in [0.2, 0.25) is 0 Å². The van der Waals surface area contributed by atoms with Crippen molar-refractivity contribution in [2.45, 2.75) is 51.7 Å². The van der Waals surface area contributed by atoms with Gasteiger partial charge in [0.2, 0.25) is 0 Å². The number of nitrogens with zero attached hydrogens (tertiary/aromatic N) is 2. The van der Waals surface area contributed by atoms with Gasteiger partial charge in [0, 0.05) is 26.2 Å². The standard InChI is InChI=1S/C20H30N2O3S/c1-20(2)10-12-21(13-11-20)26(23,24)22-14-18(16-6-4-3-5-7-16)25-19(15-22)17-8-9-17/h3-7,17-19H,8-15H2,1-2H3/t18-,19+/m0/s1. The lowest BCUT2D eigenvalue weighted by molar-refractivity contribution is -0.0761. The summed E-state index contributed by atoms with van der Waals surface area (Å²) in [7, 11) is -3.43. The van der Waals surface area contributed by atoms with Gasteiger partial charge in [0.15, 0.2) is 0 Å². The Morgan fingerprint density at radius 1 is 1.00 bits per heavy atom. The quantitative estimate of drug-likeness (QED) is 0.808. The van der Waals surface area contributed by atoms with Crippen molar-refractivity contribution in [2.75, 3.05) is 26.2 Å². The van der Waals surface area contributed by atoms with Crippen molar-refractivity contribution in [1.29, 1.82) is 0 Å². The van der Waals surface area contributed by atoms with Gasteiger partial charge in [-0.1, -0.05) is 44.2 Å². The van der Waals surface area contributed by atoms with E-state index in [2.05, 4.69) is 13.8 Å². The van der Waals surface area contributed by atoms with Gasteiger partial charge < -0.3 is 4.74 Å². The number of rotatable bonds is 4. The van der Waals surface area contributed by atoms with Gasteiger partial charge in [-0.15, -0.1) is 0 Å². The number of hydrogen-bond acceptors (Lipinski definition) is 3. The molecule has 0 bridgehead atoms. The van der Waals surface area contributed by atoms with Gasteiger partial charge in [-0.3, -0.25) is 0 Å². The second-order valence-electron chi connectivity index (χ2n) is 8.80. The van der Waals surface area contributed by atoms with Gasteiger partial charge in [0.25, 0.3) is 10.2 Å². The molecule has 5 nitrogen and oxygen atoms in total. The molecule has 0 amide bonds. The molecule has 26 heavy (non-hydrogen) atoms. The molecule has 2 atom stereocenters. The van der Waals surface area contributed by atoms with Gasteiger partial charge in [0.1, 0.15) is 0 Å².